The molecule has 1 rings (SSSR count). The molecule has 112 valence electrons. The van der Waals surface area contributed by atoms with Crippen molar-refractivity contribution in [3.63, 3.8) is 0 Å². The summed E-state index contributed by atoms with van der Waals surface area (Å²) in [6.45, 7) is 4.20. The highest BCUT2D eigenvalue weighted by Crippen LogP contribution is 2.19. The van der Waals surface area contributed by atoms with Crippen molar-refractivity contribution in [1.82, 2.24) is 9.97 Å². The number of carboxylic acid groups (broad SMARTS) is 1. The predicted octanol–water partition coefficient (Wildman–Crippen LogP) is 0.742. The van der Waals surface area contributed by atoms with Crippen molar-refractivity contribution in [1.29, 1.82) is 0 Å². The van der Waals surface area contributed by atoms with Gasteiger partial charge in [-0.15, -0.1) is 0 Å². The van der Waals surface area contributed by atoms with E-state index in [4.69, 9.17) is 4.74 Å². The molecule has 0 bridgehead atoms. The molecule has 1 heterocycles. The number of hydrogen-bond acceptors (Lipinski definition) is 6. The van der Waals surface area contributed by atoms with E-state index in [1.807, 2.05) is 13.8 Å². The van der Waals surface area contributed by atoms with Crippen molar-refractivity contribution in [2.45, 2.75) is 25.9 Å². The van der Waals surface area contributed by atoms with Crippen LogP contribution in [-0.2, 0) is 4.74 Å². The van der Waals surface area contributed by atoms with Gasteiger partial charge in [0.05, 0.1) is 24.6 Å². The van der Waals surface area contributed by atoms with Crippen molar-refractivity contribution in [3.8, 4) is 0 Å². The molecule has 7 heteroatoms. The van der Waals surface area contributed by atoms with Crippen LogP contribution >= 0.6 is 0 Å². The van der Waals surface area contributed by atoms with Gasteiger partial charge in [-0.1, -0.05) is 13.8 Å². The molecule has 0 radical (unpaired) electrons. The molecule has 7 nitrogen and oxygen atoms in total. The van der Waals surface area contributed by atoms with E-state index in [0.29, 0.717) is 11.5 Å². The Bertz CT molecular complexity index is 465. The highest BCUT2D eigenvalue weighted by atomic mass is 16.5. The number of ether oxygens (including phenoxy) is 1. The van der Waals surface area contributed by atoms with Gasteiger partial charge in [0.2, 0.25) is 0 Å². The summed E-state index contributed by atoms with van der Waals surface area (Å²) < 4.78 is 4.84. The third-order valence-corrected chi connectivity index (χ3v) is 2.76. The van der Waals surface area contributed by atoms with Crippen LogP contribution in [0, 0.1) is 0 Å². The number of aromatic carboxylic acids is 1. The second-order valence-electron chi connectivity index (χ2n) is 4.91. The SMILES string of the molecule is COCC(O)CN(C)c1cnc(C(C)C)nc1C(=O)O. The van der Waals surface area contributed by atoms with E-state index >= 15 is 0 Å². The Hall–Kier alpha value is -1.73. The molecular formula is C13H21N3O4. The Labute approximate surface area is 118 Å². The maximum atomic E-state index is 11.3. The summed E-state index contributed by atoms with van der Waals surface area (Å²) in [7, 11) is 3.17. The number of hydrogen-bond donors (Lipinski definition) is 2. The zero-order valence-corrected chi connectivity index (χ0v) is 12.2. The number of anilines is 1. The summed E-state index contributed by atoms with van der Waals surface area (Å²) in [5, 5.41) is 19.0. The number of aliphatic hydroxyl groups excluding tert-OH is 1. The summed E-state index contributed by atoms with van der Waals surface area (Å²) in [5.74, 6) is -0.582. The van der Waals surface area contributed by atoms with Crippen molar-refractivity contribution < 1.29 is 19.7 Å². The minimum atomic E-state index is -1.11. The average molecular weight is 283 g/mol. The Morgan fingerprint density at radius 1 is 1.50 bits per heavy atom. The van der Waals surface area contributed by atoms with Gasteiger partial charge in [-0.3, -0.25) is 0 Å². The summed E-state index contributed by atoms with van der Waals surface area (Å²) in [6, 6.07) is 0. The van der Waals surface area contributed by atoms with Crippen LogP contribution in [-0.4, -0.2) is 59.6 Å². The average Bonchev–Trinajstić information content (AvgIpc) is 2.37. The van der Waals surface area contributed by atoms with E-state index in [-0.39, 0.29) is 24.8 Å². The normalized spacial score (nSPS) is 12.5. The smallest absolute Gasteiger partial charge is 0.356 e. The minimum Gasteiger partial charge on any atom is -0.476 e. The first-order chi connectivity index (χ1) is 9.36. The largest absolute Gasteiger partial charge is 0.476 e. The lowest BCUT2D eigenvalue weighted by atomic mass is 10.2. The summed E-state index contributed by atoms with van der Waals surface area (Å²) >= 11 is 0. The van der Waals surface area contributed by atoms with Gasteiger partial charge in [-0.2, -0.15) is 0 Å². The van der Waals surface area contributed by atoms with Crippen LogP contribution < -0.4 is 4.90 Å². The lowest BCUT2D eigenvalue weighted by Crippen LogP contribution is -2.33. The van der Waals surface area contributed by atoms with Crippen LogP contribution in [0.4, 0.5) is 5.69 Å². The van der Waals surface area contributed by atoms with Crippen LogP contribution in [0.3, 0.4) is 0 Å². The Balaban J connectivity index is 3.01. The van der Waals surface area contributed by atoms with Gasteiger partial charge in [0.25, 0.3) is 0 Å². The molecule has 2 N–H and O–H groups in total. The predicted molar refractivity (Wildman–Crippen MR) is 74.2 cm³/mol. The Kier molecular flexibility index (Phi) is 5.84. The Morgan fingerprint density at radius 3 is 2.65 bits per heavy atom. The molecule has 0 saturated carbocycles. The van der Waals surface area contributed by atoms with Crippen LogP contribution in [0.2, 0.25) is 0 Å². The molecule has 0 fully saturated rings. The van der Waals surface area contributed by atoms with Crippen LogP contribution in [0.1, 0.15) is 36.1 Å². The minimum absolute atomic E-state index is 0.0477. The van der Waals surface area contributed by atoms with Gasteiger partial charge in [0.15, 0.2) is 5.69 Å². The number of methoxy groups -OCH3 is 1. The summed E-state index contributed by atoms with van der Waals surface area (Å²) in [5.41, 5.74) is 0.313. The molecule has 0 aliphatic carbocycles. The van der Waals surface area contributed by atoms with Crippen molar-refractivity contribution >= 4 is 11.7 Å². The van der Waals surface area contributed by atoms with Crippen LogP contribution in [0.15, 0.2) is 6.20 Å². The van der Waals surface area contributed by atoms with E-state index in [9.17, 15) is 15.0 Å². The molecule has 20 heavy (non-hydrogen) atoms. The third kappa shape index (κ3) is 4.14. The lowest BCUT2D eigenvalue weighted by Gasteiger charge is -2.23. The topological polar surface area (TPSA) is 95.8 Å². The van der Waals surface area contributed by atoms with Gasteiger partial charge < -0.3 is 19.8 Å². The molecule has 0 amide bonds. The molecule has 0 aliphatic heterocycles. The summed E-state index contributed by atoms with van der Waals surface area (Å²) in [4.78, 5) is 21.2. The van der Waals surface area contributed by atoms with Gasteiger partial charge in [-0.05, 0) is 0 Å². The van der Waals surface area contributed by atoms with E-state index in [1.165, 1.54) is 13.3 Å². The first kappa shape index (κ1) is 16.3. The molecule has 1 atom stereocenters. The number of carbonyl (C=O) groups is 1. The maximum absolute atomic E-state index is 11.3. The van der Waals surface area contributed by atoms with E-state index in [0.717, 1.165) is 0 Å². The van der Waals surface area contributed by atoms with Gasteiger partial charge in [0.1, 0.15) is 5.82 Å². The third-order valence-electron chi connectivity index (χ3n) is 2.76. The first-order valence-corrected chi connectivity index (χ1v) is 6.35. The Morgan fingerprint density at radius 2 is 2.15 bits per heavy atom. The van der Waals surface area contributed by atoms with Gasteiger partial charge in [-0.25, -0.2) is 14.8 Å². The van der Waals surface area contributed by atoms with Crippen LogP contribution in [0.25, 0.3) is 0 Å². The van der Waals surface area contributed by atoms with Crippen molar-refractivity contribution in [3.05, 3.63) is 17.7 Å². The highest BCUT2D eigenvalue weighted by molar-refractivity contribution is 5.91. The molecule has 0 aliphatic rings. The fourth-order valence-electron chi connectivity index (χ4n) is 1.76. The molecule has 0 saturated heterocycles. The zero-order chi connectivity index (χ0) is 15.3. The van der Waals surface area contributed by atoms with E-state index in [2.05, 4.69) is 9.97 Å². The van der Waals surface area contributed by atoms with Gasteiger partial charge in [0, 0.05) is 26.6 Å². The quantitative estimate of drug-likeness (QED) is 0.762. The molecule has 0 aromatic carbocycles. The number of likely N-dealkylation sites (N-methyl/N-ethyl adjacent to an activating group) is 1. The zero-order valence-electron chi connectivity index (χ0n) is 12.2. The van der Waals surface area contributed by atoms with E-state index < -0.39 is 12.1 Å². The van der Waals surface area contributed by atoms with Crippen molar-refractivity contribution in [2.75, 3.05) is 32.2 Å². The number of carboxylic acids is 1. The monoisotopic (exact) mass is 283 g/mol. The maximum Gasteiger partial charge on any atom is 0.356 e. The molecule has 1 aromatic rings. The van der Waals surface area contributed by atoms with Crippen molar-refractivity contribution in [2.24, 2.45) is 0 Å². The highest BCUT2D eigenvalue weighted by Gasteiger charge is 2.19. The first-order valence-electron chi connectivity index (χ1n) is 6.35. The second kappa shape index (κ2) is 7.16. The lowest BCUT2D eigenvalue weighted by molar-refractivity contribution is 0.0676. The second-order valence-corrected chi connectivity index (χ2v) is 4.91. The van der Waals surface area contributed by atoms with Crippen LogP contribution in [0.5, 0.6) is 0 Å². The number of nitrogens with zero attached hydrogens (tertiary/aromatic N) is 3. The van der Waals surface area contributed by atoms with Gasteiger partial charge >= 0.3 is 5.97 Å². The standard InChI is InChI=1S/C13H21N3O4/c1-8(2)12-14-5-10(11(15-12)13(18)19)16(3)6-9(17)7-20-4/h5,8-9,17H,6-7H2,1-4H3,(H,18,19). The summed E-state index contributed by atoms with van der Waals surface area (Å²) in [6.07, 6.45) is 0.766. The molecule has 1 aromatic heterocycles. The number of rotatable bonds is 7. The molecular weight excluding hydrogens is 262 g/mol. The number of aromatic nitrogens is 2. The fourth-order valence-corrected chi connectivity index (χ4v) is 1.76. The van der Waals surface area contributed by atoms with E-state index in [1.54, 1.807) is 11.9 Å². The molecule has 1 unspecified atom stereocenters. The fraction of sp³-hybridized carbons (Fsp3) is 0.615. The number of aliphatic hydroxyl groups is 1. The molecule has 0 spiro atoms.